The van der Waals surface area contributed by atoms with E-state index in [0.717, 1.165) is 17.4 Å². The summed E-state index contributed by atoms with van der Waals surface area (Å²) in [4.78, 5) is 14.6. The number of nitro benzene ring substituents is 1. The van der Waals surface area contributed by atoms with Crippen molar-refractivity contribution in [2.24, 2.45) is 7.05 Å². The number of benzene rings is 1. The van der Waals surface area contributed by atoms with Gasteiger partial charge in [-0.05, 0) is 6.07 Å². The van der Waals surface area contributed by atoms with Gasteiger partial charge in [-0.25, -0.2) is 4.98 Å². The molecule has 8 nitrogen and oxygen atoms in total. The van der Waals surface area contributed by atoms with Gasteiger partial charge in [0.2, 0.25) is 5.89 Å². The van der Waals surface area contributed by atoms with Crippen molar-refractivity contribution in [1.29, 1.82) is 0 Å². The molecule has 0 atom stereocenters. The molecule has 0 saturated carbocycles. The Balaban J connectivity index is 1.79. The Kier molecular flexibility index (Phi) is 3.80. The molecule has 0 unspecified atom stereocenters. The highest BCUT2D eigenvalue weighted by molar-refractivity contribution is 7.98. The maximum atomic E-state index is 10.8. The van der Waals surface area contributed by atoms with E-state index in [0.29, 0.717) is 22.7 Å². The number of non-ortho nitro benzene ring substituents is 1. The summed E-state index contributed by atoms with van der Waals surface area (Å²) in [6.45, 7) is 2.02. The minimum Gasteiger partial charge on any atom is -0.440 e. The molecule has 0 N–H and O–H groups in total. The summed E-state index contributed by atoms with van der Waals surface area (Å²) in [5.41, 5.74) is 1.02. The zero-order chi connectivity index (χ0) is 15.7. The lowest BCUT2D eigenvalue weighted by Gasteiger charge is -1.99. The van der Waals surface area contributed by atoms with Crippen molar-refractivity contribution in [3.8, 4) is 0 Å². The molecule has 0 saturated heterocycles. The molecule has 0 bridgehead atoms. The highest BCUT2D eigenvalue weighted by atomic mass is 32.2. The Labute approximate surface area is 129 Å². The smallest absolute Gasteiger partial charge is 0.271 e. The predicted octanol–water partition coefficient (Wildman–Crippen LogP) is 2.72. The summed E-state index contributed by atoms with van der Waals surface area (Å²) in [7, 11) is 1.91. The lowest BCUT2D eigenvalue weighted by molar-refractivity contribution is -0.384. The van der Waals surface area contributed by atoms with E-state index < -0.39 is 4.92 Å². The van der Waals surface area contributed by atoms with Crippen LogP contribution in [0.15, 0.2) is 27.8 Å². The van der Waals surface area contributed by atoms with Crippen molar-refractivity contribution in [3.63, 3.8) is 0 Å². The van der Waals surface area contributed by atoms with Crippen LogP contribution >= 0.6 is 11.8 Å². The number of oxazole rings is 1. The van der Waals surface area contributed by atoms with Gasteiger partial charge in [0, 0.05) is 25.6 Å². The Hall–Kier alpha value is -2.42. The number of hydrogen-bond donors (Lipinski definition) is 0. The van der Waals surface area contributed by atoms with Gasteiger partial charge in [0.15, 0.2) is 10.7 Å². The summed E-state index contributed by atoms with van der Waals surface area (Å²) in [5.74, 6) is 1.90. The fourth-order valence-corrected chi connectivity index (χ4v) is 2.82. The van der Waals surface area contributed by atoms with Gasteiger partial charge >= 0.3 is 0 Å². The second-order valence-electron chi connectivity index (χ2n) is 4.62. The van der Waals surface area contributed by atoms with E-state index >= 15 is 0 Å². The normalized spacial score (nSPS) is 11.2. The molecule has 0 radical (unpaired) electrons. The maximum Gasteiger partial charge on any atom is 0.271 e. The molecule has 3 rings (SSSR count). The standard InChI is InChI=1S/C13H13N5O3S/c1-3-11-15-16-13(17(11)2)22-7-12-14-9-6-8(18(19)20)4-5-10(9)21-12/h4-6H,3,7H2,1-2H3. The molecule has 9 heteroatoms. The van der Waals surface area contributed by atoms with Crippen molar-refractivity contribution in [1.82, 2.24) is 19.7 Å². The van der Waals surface area contributed by atoms with Crippen molar-refractivity contribution >= 4 is 28.5 Å². The van der Waals surface area contributed by atoms with E-state index in [2.05, 4.69) is 15.2 Å². The summed E-state index contributed by atoms with van der Waals surface area (Å²) in [5, 5.41) is 19.7. The number of hydrogen-bond acceptors (Lipinski definition) is 7. The van der Waals surface area contributed by atoms with Gasteiger partial charge in [0.05, 0.1) is 10.7 Å². The third kappa shape index (κ3) is 2.67. The first-order chi connectivity index (χ1) is 10.6. The minimum absolute atomic E-state index is 0.000826. The van der Waals surface area contributed by atoms with Crippen LogP contribution < -0.4 is 0 Å². The van der Waals surface area contributed by atoms with Gasteiger partial charge in [-0.3, -0.25) is 10.1 Å². The van der Waals surface area contributed by atoms with E-state index in [9.17, 15) is 10.1 Å². The molecule has 3 aromatic rings. The molecular formula is C13H13N5O3S. The van der Waals surface area contributed by atoms with Crippen LogP contribution in [0.5, 0.6) is 0 Å². The maximum absolute atomic E-state index is 10.8. The van der Waals surface area contributed by atoms with Gasteiger partial charge in [-0.15, -0.1) is 10.2 Å². The Morgan fingerprint density at radius 2 is 2.23 bits per heavy atom. The van der Waals surface area contributed by atoms with Gasteiger partial charge in [0.25, 0.3) is 5.69 Å². The highest BCUT2D eigenvalue weighted by Gasteiger charge is 2.13. The zero-order valence-electron chi connectivity index (χ0n) is 12.0. The number of fused-ring (bicyclic) bond motifs is 1. The lowest BCUT2D eigenvalue weighted by atomic mass is 10.3. The first-order valence-electron chi connectivity index (χ1n) is 6.63. The van der Waals surface area contributed by atoms with Crippen LogP contribution in [0.4, 0.5) is 5.69 Å². The summed E-state index contributed by atoms with van der Waals surface area (Å²) in [6.07, 6.45) is 0.816. The summed E-state index contributed by atoms with van der Waals surface area (Å²) < 4.78 is 7.51. The van der Waals surface area contributed by atoms with Crippen molar-refractivity contribution in [2.45, 2.75) is 24.3 Å². The van der Waals surface area contributed by atoms with Gasteiger partial charge < -0.3 is 8.98 Å². The van der Waals surface area contributed by atoms with E-state index in [1.807, 2.05) is 18.5 Å². The highest BCUT2D eigenvalue weighted by Crippen LogP contribution is 2.25. The van der Waals surface area contributed by atoms with Crippen LogP contribution in [0.25, 0.3) is 11.1 Å². The second kappa shape index (κ2) is 5.76. The fourth-order valence-electron chi connectivity index (χ4n) is 2.04. The van der Waals surface area contributed by atoms with Crippen LogP contribution in [-0.2, 0) is 19.2 Å². The average Bonchev–Trinajstić information content (AvgIpc) is 3.07. The molecule has 114 valence electrons. The summed E-state index contributed by atoms with van der Waals surface area (Å²) in [6, 6.07) is 4.37. The Morgan fingerprint density at radius 3 is 2.91 bits per heavy atom. The van der Waals surface area contributed by atoms with Crippen LogP contribution in [0.1, 0.15) is 18.6 Å². The van der Waals surface area contributed by atoms with Gasteiger partial charge in [0.1, 0.15) is 11.3 Å². The third-order valence-electron chi connectivity index (χ3n) is 3.19. The molecule has 2 heterocycles. The molecule has 0 aliphatic carbocycles. The number of rotatable bonds is 5. The van der Waals surface area contributed by atoms with E-state index in [1.54, 1.807) is 6.07 Å². The van der Waals surface area contributed by atoms with E-state index in [4.69, 9.17) is 4.42 Å². The average molecular weight is 319 g/mol. The lowest BCUT2D eigenvalue weighted by Crippen LogP contribution is -1.97. The summed E-state index contributed by atoms with van der Waals surface area (Å²) >= 11 is 1.46. The number of aryl methyl sites for hydroxylation is 1. The largest absolute Gasteiger partial charge is 0.440 e. The first kappa shape index (κ1) is 14.5. The molecule has 0 aliphatic heterocycles. The van der Waals surface area contributed by atoms with E-state index in [-0.39, 0.29) is 5.69 Å². The van der Waals surface area contributed by atoms with Crippen LogP contribution in [-0.4, -0.2) is 24.7 Å². The van der Waals surface area contributed by atoms with E-state index in [1.165, 1.54) is 23.9 Å². The van der Waals surface area contributed by atoms with Crippen LogP contribution in [0, 0.1) is 10.1 Å². The second-order valence-corrected chi connectivity index (χ2v) is 5.56. The van der Waals surface area contributed by atoms with Gasteiger partial charge in [-0.2, -0.15) is 0 Å². The van der Waals surface area contributed by atoms with Crippen molar-refractivity contribution < 1.29 is 9.34 Å². The SMILES string of the molecule is CCc1nnc(SCc2nc3cc([N+](=O)[O-])ccc3o2)n1C. The van der Waals surface area contributed by atoms with Gasteiger partial charge in [-0.1, -0.05) is 18.7 Å². The molecule has 22 heavy (non-hydrogen) atoms. The number of thioether (sulfide) groups is 1. The van der Waals surface area contributed by atoms with Crippen molar-refractivity contribution in [3.05, 3.63) is 40.0 Å². The Morgan fingerprint density at radius 1 is 1.41 bits per heavy atom. The quantitative estimate of drug-likeness (QED) is 0.405. The fraction of sp³-hybridized carbons (Fsp3) is 0.308. The van der Waals surface area contributed by atoms with Crippen LogP contribution in [0.3, 0.4) is 0 Å². The molecule has 0 amide bonds. The topological polar surface area (TPSA) is 99.9 Å². The minimum atomic E-state index is -0.450. The first-order valence-corrected chi connectivity index (χ1v) is 7.62. The zero-order valence-corrected chi connectivity index (χ0v) is 12.8. The molecule has 0 aliphatic rings. The number of aromatic nitrogens is 4. The monoisotopic (exact) mass is 319 g/mol. The molecule has 2 aromatic heterocycles. The Bertz CT molecular complexity index is 841. The number of nitrogens with zero attached hydrogens (tertiary/aromatic N) is 5. The van der Waals surface area contributed by atoms with Crippen molar-refractivity contribution in [2.75, 3.05) is 0 Å². The molecular weight excluding hydrogens is 306 g/mol. The predicted molar refractivity (Wildman–Crippen MR) is 80.6 cm³/mol. The van der Waals surface area contributed by atoms with Crippen LogP contribution in [0.2, 0.25) is 0 Å². The number of nitro groups is 1. The molecule has 0 fully saturated rings. The third-order valence-corrected chi connectivity index (χ3v) is 4.20. The molecule has 1 aromatic carbocycles. The molecule has 0 spiro atoms.